The van der Waals surface area contributed by atoms with E-state index in [4.69, 9.17) is 5.73 Å². The number of hydrogen-bond donors (Lipinski definition) is 2. The quantitative estimate of drug-likeness (QED) is 0.840. The van der Waals surface area contributed by atoms with Crippen LogP contribution in [-0.2, 0) is 4.79 Å². The van der Waals surface area contributed by atoms with Gasteiger partial charge in [-0.25, -0.2) is 4.39 Å². The van der Waals surface area contributed by atoms with Crippen LogP contribution in [0.15, 0.2) is 18.2 Å². The normalized spacial score (nSPS) is 23.6. The number of rotatable bonds is 3. The molecule has 20 heavy (non-hydrogen) atoms. The highest BCUT2D eigenvalue weighted by atomic mass is 32.2. The maximum Gasteiger partial charge on any atom is 0.238 e. The fraction of sp³-hybridized carbons (Fsp3) is 0.500. The Labute approximate surface area is 122 Å². The second-order valence-corrected chi connectivity index (χ2v) is 7.12. The average molecular weight is 297 g/mol. The summed E-state index contributed by atoms with van der Waals surface area (Å²) in [7, 11) is 0. The molecule has 1 aromatic rings. The van der Waals surface area contributed by atoms with Gasteiger partial charge < -0.3 is 11.1 Å². The van der Waals surface area contributed by atoms with Gasteiger partial charge in [0.15, 0.2) is 0 Å². The Balaban J connectivity index is 1.93. The summed E-state index contributed by atoms with van der Waals surface area (Å²) in [5, 5.41) is 3.61. The lowest BCUT2D eigenvalue weighted by atomic mass is 10.2. The molecule has 1 aromatic carbocycles. The standard InChI is InChI=1S/C14H20FN3OS/c1-9-6-18(7-10(2)20-9)8-14(19)17-13-5-11(16)3-4-12(13)15/h3-5,9-10H,6-8,16H2,1-2H3,(H,17,19). The number of hydrogen-bond acceptors (Lipinski definition) is 4. The van der Waals surface area contributed by atoms with Gasteiger partial charge in [-0.1, -0.05) is 13.8 Å². The fourth-order valence-corrected chi connectivity index (χ4v) is 3.83. The SMILES string of the molecule is CC1CN(CC(=O)Nc2cc(N)ccc2F)CC(C)S1. The number of anilines is 2. The van der Waals surface area contributed by atoms with E-state index in [1.165, 1.54) is 18.2 Å². The lowest BCUT2D eigenvalue weighted by molar-refractivity contribution is -0.117. The van der Waals surface area contributed by atoms with Crippen LogP contribution in [0.2, 0.25) is 0 Å². The van der Waals surface area contributed by atoms with Crippen molar-refractivity contribution >= 4 is 29.0 Å². The molecule has 1 aliphatic heterocycles. The molecule has 2 unspecified atom stereocenters. The van der Waals surface area contributed by atoms with Crippen molar-refractivity contribution in [3.63, 3.8) is 0 Å². The third-order valence-corrected chi connectivity index (χ3v) is 4.35. The van der Waals surface area contributed by atoms with Crippen LogP contribution >= 0.6 is 11.8 Å². The number of nitrogens with zero attached hydrogens (tertiary/aromatic N) is 1. The van der Waals surface area contributed by atoms with Gasteiger partial charge in [-0.05, 0) is 18.2 Å². The van der Waals surface area contributed by atoms with E-state index in [0.717, 1.165) is 13.1 Å². The van der Waals surface area contributed by atoms with Crippen molar-refractivity contribution < 1.29 is 9.18 Å². The minimum absolute atomic E-state index is 0.141. The summed E-state index contributed by atoms with van der Waals surface area (Å²) in [5.74, 6) is -0.677. The highest BCUT2D eigenvalue weighted by Gasteiger charge is 2.23. The smallest absolute Gasteiger partial charge is 0.238 e. The summed E-state index contributed by atoms with van der Waals surface area (Å²) in [6, 6.07) is 4.16. The largest absolute Gasteiger partial charge is 0.399 e. The molecule has 1 heterocycles. The Morgan fingerprint density at radius 3 is 2.75 bits per heavy atom. The highest BCUT2D eigenvalue weighted by molar-refractivity contribution is 8.00. The fourth-order valence-electron chi connectivity index (χ4n) is 2.44. The summed E-state index contributed by atoms with van der Waals surface area (Å²) in [4.78, 5) is 14.1. The molecule has 2 atom stereocenters. The lowest BCUT2D eigenvalue weighted by Crippen LogP contribution is -2.44. The summed E-state index contributed by atoms with van der Waals surface area (Å²) in [5.41, 5.74) is 6.16. The van der Waals surface area contributed by atoms with E-state index in [1.54, 1.807) is 0 Å². The van der Waals surface area contributed by atoms with Gasteiger partial charge in [0.1, 0.15) is 5.82 Å². The lowest BCUT2D eigenvalue weighted by Gasteiger charge is -2.33. The highest BCUT2D eigenvalue weighted by Crippen LogP contribution is 2.24. The Morgan fingerprint density at radius 1 is 1.45 bits per heavy atom. The first-order chi connectivity index (χ1) is 9.44. The van der Waals surface area contributed by atoms with Crippen molar-refractivity contribution in [2.45, 2.75) is 24.3 Å². The van der Waals surface area contributed by atoms with Crippen molar-refractivity contribution in [3.8, 4) is 0 Å². The zero-order valence-electron chi connectivity index (χ0n) is 11.7. The second-order valence-electron chi connectivity index (χ2n) is 5.24. The minimum atomic E-state index is -0.469. The molecule has 6 heteroatoms. The predicted octanol–water partition coefficient (Wildman–Crippen LogP) is 2.17. The van der Waals surface area contributed by atoms with Gasteiger partial charge in [-0.15, -0.1) is 0 Å². The van der Waals surface area contributed by atoms with Gasteiger partial charge in [0.25, 0.3) is 0 Å². The molecule has 0 aromatic heterocycles. The Morgan fingerprint density at radius 2 is 2.10 bits per heavy atom. The molecule has 4 nitrogen and oxygen atoms in total. The van der Waals surface area contributed by atoms with E-state index in [2.05, 4.69) is 24.1 Å². The van der Waals surface area contributed by atoms with Crippen LogP contribution in [0.1, 0.15) is 13.8 Å². The van der Waals surface area contributed by atoms with Crippen molar-refractivity contribution in [2.75, 3.05) is 30.7 Å². The first-order valence-corrected chi connectivity index (χ1v) is 7.61. The number of nitrogens with one attached hydrogen (secondary N) is 1. The molecule has 3 N–H and O–H groups in total. The summed E-state index contributed by atoms with van der Waals surface area (Å²) < 4.78 is 13.5. The number of thioether (sulfide) groups is 1. The Hall–Kier alpha value is -1.27. The van der Waals surface area contributed by atoms with Crippen LogP contribution in [0, 0.1) is 5.82 Å². The molecule has 0 bridgehead atoms. The summed E-state index contributed by atoms with van der Waals surface area (Å²) >= 11 is 1.93. The minimum Gasteiger partial charge on any atom is -0.399 e. The zero-order chi connectivity index (χ0) is 14.7. The van der Waals surface area contributed by atoms with Crippen molar-refractivity contribution in [1.82, 2.24) is 4.90 Å². The van der Waals surface area contributed by atoms with Crippen LogP contribution in [0.5, 0.6) is 0 Å². The van der Waals surface area contributed by atoms with E-state index in [0.29, 0.717) is 16.2 Å². The number of amides is 1. The number of nitrogens with two attached hydrogens (primary N) is 1. The van der Waals surface area contributed by atoms with Crippen molar-refractivity contribution in [1.29, 1.82) is 0 Å². The van der Waals surface area contributed by atoms with Gasteiger partial charge in [-0.2, -0.15) is 11.8 Å². The second kappa shape index (κ2) is 6.45. The number of halogens is 1. The maximum absolute atomic E-state index is 13.5. The molecule has 1 amide bonds. The van der Waals surface area contributed by atoms with Crippen molar-refractivity contribution in [3.05, 3.63) is 24.0 Å². The monoisotopic (exact) mass is 297 g/mol. The molecule has 0 aliphatic carbocycles. The number of carbonyl (C=O) groups excluding carboxylic acids is 1. The molecule has 0 spiro atoms. The molecule has 1 saturated heterocycles. The third-order valence-electron chi connectivity index (χ3n) is 3.13. The first kappa shape index (κ1) is 15.1. The first-order valence-electron chi connectivity index (χ1n) is 6.66. The molecule has 1 aliphatic rings. The molecule has 2 rings (SSSR count). The van der Waals surface area contributed by atoms with Crippen LogP contribution in [0.25, 0.3) is 0 Å². The van der Waals surface area contributed by atoms with Crippen LogP contribution < -0.4 is 11.1 Å². The maximum atomic E-state index is 13.5. The van der Waals surface area contributed by atoms with E-state index < -0.39 is 5.82 Å². The van der Waals surface area contributed by atoms with Crippen LogP contribution in [0.3, 0.4) is 0 Å². The van der Waals surface area contributed by atoms with Gasteiger partial charge in [0.05, 0.1) is 12.2 Å². The van der Waals surface area contributed by atoms with Crippen molar-refractivity contribution in [2.24, 2.45) is 0 Å². The van der Waals surface area contributed by atoms with Gasteiger partial charge in [0, 0.05) is 29.3 Å². The zero-order valence-corrected chi connectivity index (χ0v) is 12.5. The Kier molecular flexibility index (Phi) is 4.88. The molecular weight excluding hydrogens is 277 g/mol. The average Bonchev–Trinajstić information content (AvgIpc) is 2.32. The molecular formula is C14H20FN3OS. The number of carbonyl (C=O) groups is 1. The third kappa shape index (κ3) is 4.11. The van der Waals surface area contributed by atoms with E-state index in [-0.39, 0.29) is 18.1 Å². The van der Waals surface area contributed by atoms with E-state index in [1.807, 2.05) is 11.8 Å². The molecule has 0 saturated carbocycles. The van der Waals surface area contributed by atoms with E-state index in [9.17, 15) is 9.18 Å². The topological polar surface area (TPSA) is 58.4 Å². The number of benzene rings is 1. The summed E-state index contributed by atoms with van der Waals surface area (Å²) in [6.45, 7) is 6.35. The van der Waals surface area contributed by atoms with Crippen LogP contribution in [0.4, 0.5) is 15.8 Å². The Bertz CT molecular complexity index is 487. The predicted molar refractivity (Wildman–Crippen MR) is 82.4 cm³/mol. The summed E-state index contributed by atoms with van der Waals surface area (Å²) in [6.07, 6.45) is 0. The number of nitrogen functional groups attached to an aromatic ring is 1. The van der Waals surface area contributed by atoms with Gasteiger partial charge >= 0.3 is 0 Å². The molecule has 0 radical (unpaired) electrons. The van der Waals surface area contributed by atoms with Gasteiger partial charge in [0.2, 0.25) is 5.91 Å². The van der Waals surface area contributed by atoms with Crippen LogP contribution in [-0.4, -0.2) is 40.9 Å². The molecule has 110 valence electrons. The van der Waals surface area contributed by atoms with Gasteiger partial charge in [-0.3, -0.25) is 9.69 Å². The molecule has 1 fully saturated rings. The van der Waals surface area contributed by atoms with E-state index >= 15 is 0 Å².